The molecule has 0 N–H and O–H groups in total. The zero-order valence-corrected chi connectivity index (χ0v) is 26.3. The van der Waals surface area contributed by atoms with Gasteiger partial charge in [-0.3, -0.25) is 0 Å². The summed E-state index contributed by atoms with van der Waals surface area (Å²) in [6.07, 6.45) is 0. The van der Waals surface area contributed by atoms with E-state index in [1.165, 1.54) is 5.56 Å². The summed E-state index contributed by atoms with van der Waals surface area (Å²) in [5.74, 6) is 0.695. The molecule has 0 bridgehead atoms. The first-order valence-corrected chi connectivity index (χ1v) is 16.4. The lowest BCUT2D eigenvalue weighted by Crippen LogP contribution is -1.96. The van der Waals surface area contributed by atoms with Gasteiger partial charge in [0.25, 0.3) is 0 Å². The molecule has 4 heteroatoms. The zero-order valence-electron chi connectivity index (χ0n) is 26.3. The van der Waals surface area contributed by atoms with Crippen LogP contribution in [-0.4, -0.2) is 15.0 Å². The molecule has 3 heterocycles. The maximum atomic E-state index is 6.55. The van der Waals surface area contributed by atoms with Gasteiger partial charge in [0.05, 0.1) is 22.4 Å². The molecule has 0 aliphatic heterocycles. The molecule has 228 valence electrons. The second kappa shape index (κ2) is 11.0. The molecule has 0 aliphatic rings. The van der Waals surface area contributed by atoms with Gasteiger partial charge >= 0.3 is 0 Å². The van der Waals surface area contributed by atoms with Crippen molar-refractivity contribution < 1.29 is 4.42 Å². The Morgan fingerprint density at radius 3 is 1.71 bits per heavy atom. The van der Waals surface area contributed by atoms with Gasteiger partial charge in [-0.25, -0.2) is 15.0 Å². The Balaban J connectivity index is 1.16. The quantitative estimate of drug-likeness (QED) is 0.183. The highest BCUT2D eigenvalue weighted by molar-refractivity contribution is 6.24. The summed E-state index contributed by atoms with van der Waals surface area (Å²) in [5, 5.41) is 6.43. The molecule has 7 aromatic carbocycles. The van der Waals surface area contributed by atoms with E-state index in [9.17, 15) is 0 Å². The average molecular weight is 626 g/mol. The van der Waals surface area contributed by atoms with E-state index in [0.717, 1.165) is 88.2 Å². The molecule has 0 unspecified atom stereocenters. The third-order valence-electron chi connectivity index (χ3n) is 9.47. The lowest BCUT2D eigenvalue weighted by molar-refractivity contribution is 0.673. The summed E-state index contributed by atoms with van der Waals surface area (Å²) in [7, 11) is 0. The van der Waals surface area contributed by atoms with Crippen LogP contribution in [0.2, 0.25) is 0 Å². The van der Waals surface area contributed by atoms with Gasteiger partial charge in [0.2, 0.25) is 0 Å². The van der Waals surface area contributed by atoms with Gasteiger partial charge in [0.15, 0.2) is 5.82 Å². The molecule has 0 saturated heterocycles. The molecule has 0 amide bonds. The molecule has 0 radical (unpaired) electrons. The molecule has 0 fully saturated rings. The van der Waals surface area contributed by atoms with Gasteiger partial charge in [-0.2, -0.15) is 0 Å². The van der Waals surface area contributed by atoms with Crippen molar-refractivity contribution in [1.29, 1.82) is 0 Å². The number of para-hydroxylation sites is 3. The van der Waals surface area contributed by atoms with Crippen LogP contribution in [0.25, 0.3) is 99.5 Å². The standard InChI is InChI=1S/C45H27N3O/c1-2-11-28(12-3-1)29-21-23-30(24-22-29)45-47-39-19-8-5-17-36(39)42(48-45)31-13-10-14-32(27-31)43-37-26-25-34-33-15-6-9-20-40(33)49-44(34)41(37)35-16-4-7-18-38(35)46-43/h1-27H. The van der Waals surface area contributed by atoms with E-state index in [4.69, 9.17) is 19.4 Å². The van der Waals surface area contributed by atoms with Crippen molar-refractivity contribution in [3.63, 3.8) is 0 Å². The first-order chi connectivity index (χ1) is 24.3. The fraction of sp³-hybridized carbons (Fsp3) is 0. The maximum absolute atomic E-state index is 6.55. The van der Waals surface area contributed by atoms with Crippen LogP contribution in [0.3, 0.4) is 0 Å². The van der Waals surface area contributed by atoms with Crippen LogP contribution in [0.4, 0.5) is 0 Å². The Hall–Kier alpha value is -6.65. The maximum Gasteiger partial charge on any atom is 0.160 e. The van der Waals surface area contributed by atoms with E-state index in [0.29, 0.717) is 5.82 Å². The highest BCUT2D eigenvalue weighted by atomic mass is 16.3. The normalized spacial score (nSPS) is 11.7. The molecule has 0 spiro atoms. The molecule has 4 nitrogen and oxygen atoms in total. The molecule has 10 rings (SSSR count). The fourth-order valence-corrected chi connectivity index (χ4v) is 7.12. The van der Waals surface area contributed by atoms with Crippen LogP contribution in [0, 0.1) is 0 Å². The third-order valence-corrected chi connectivity index (χ3v) is 9.47. The largest absolute Gasteiger partial charge is 0.455 e. The monoisotopic (exact) mass is 625 g/mol. The number of pyridine rings is 1. The van der Waals surface area contributed by atoms with E-state index >= 15 is 0 Å². The van der Waals surface area contributed by atoms with Crippen molar-refractivity contribution in [3.05, 3.63) is 164 Å². The van der Waals surface area contributed by atoms with Gasteiger partial charge in [0.1, 0.15) is 11.2 Å². The lowest BCUT2D eigenvalue weighted by atomic mass is 9.96. The molecular formula is C45H27N3O. The van der Waals surface area contributed by atoms with Crippen LogP contribution in [0.1, 0.15) is 0 Å². The van der Waals surface area contributed by atoms with E-state index in [-0.39, 0.29) is 0 Å². The number of aromatic nitrogens is 3. The summed E-state index contributed by atoms with van der Waals surface area (Å²) in [5.41, 5.74) is 10.7. The molecule has 0 saturated carbocycles. The third kappa shape index (κ3) is 4.49. The Kier molecular flexibility index (Phi) is 6.15. The number of nitrogens with zero attached hydrogens (tertiary/aromatic N) is 3. The van der Waals surface area contributed by atoms with Crippen LogP contribution in [0.15, 0.2) is 168 Å². The fourth-order valence-electron chi connectivity index (χ4n) is 7.12. The Labute approximate surface area is 282 Å². The smallest absolute Gasteiger partial charge is 0.160 e. The molecule has 0 atom stereocenters. The van der Waals surface area contributed by atoms with Crippen LogP contribution < -0.4 is 0 Å². The summed E-state index contributed by atoms with van der Waals surface area (Å²) in [4.78, 5) is 15.5. The predicted molar refractivity (Wildman–Crippen MR) is 201 cm³/mol. The number of hydrogen-bond acceptors (Lipinski definition) is 4. The molecule has 3 aromatic heterocycles. The number of rotatable bonds is 4. The Morgan fingerprint density at radius 2 is 0.918 bits per heavy atom. The first kappa shape index (κ1) is 27.5. The zero-order chi connectivity index (χ0) is 32.3. The Morgan fingerprint density at radius 1 is 0.347 bits per heavy atom. The molecule has 49 heavy (non-hydrogen) atoms. The van der Waals surface area contributed by atoms with E-state index in [1.807, 2.05) is 36.4 Å². The van der Waals surface area contributed by atoms with Crippen molar-refractivity contribution in [2.45, 2.75) is 0 Å². The van der Waals surface area contributed by atoms with Gasteiger partial charge < -0.3 is 4.42 Å². The van der Waals surface area contributed by atoms with Crippen LogP contribution >= 0.6 is 0 Å². The highest BCUT2D eigenvalue weighted by Gasteiger charge is 2.18. The summed E-state index contributed by atoms with van der Waals surface area (Å²) in [6.45, 7) is 0. The van der Waals surface area contributed by atoms with E-state index in [2.05, 4.69) is 127 Å². The number of fused-ring (bicyclic) bond motifs is 8. The summed E-state index contributed by atoms with van der Waals surface area (Å²) < 4.78 is 6.55. The second-order valence-electron chi connectivity index (χ2n) is 12.4. The second-order valence-corrected chi connectivity index (χ2v) is 12.4. The number of hydrogen-bond donors (Lipinski definition) is 0. The van der Waals surface area contributed by atoms with Crippen molar-refractivity contribution in [2.24, 2.45) is 0 Å². The van der Waals surface area contributed by atoms with Crippen LogP contribution in [0.5, 0.6) is 0 Å². The van der Waals surface area contributed by atoms with Crippen molar-refractivity contribution >= 4 is 54.5 Å². The molecule has 0 aliphatic carbocycles. The Bertz CT molecular complexity index is 2870. The van der Waals surface area contributed by atoms with Gasteiger partial charge in [-0.05, 0) is 41.5 Å². The molecule has 10 aromatic rings. The minimum atomic E-state index is 0.695. The topological polar surface area (TPSA) is 51.8 Å². The highest BCUT2D eigenvalue weighted by Crippen LogP contribution is 2.41. The SMILES string of the molecule is c1ccc(-c2ccc(-c3nc(-c4cccc(-c5nc6ccccc6c6c5ccc5c7ccccc7oc56)c4)c4ccccc4n3)cc2)cc1. The first-order valence-electron chi connectivity index (χ1n) is 16.4. The van der Waals surface area contributed by atoms with E-state index < -0.39 is 0 Å². The van der Waals surface area contributed by atoms with Gasteiger partial charge in [0, 0.05) is 49.0 Å². The lowest BCUT2D eigenvalue weighted by Gasteiger charge is -2.13. The predicted octanol–water partition coefficient (Wildman–Crippen LogP) is 11.9. The summed E-state index contributed by atoms with van der Waals surface area (Å²) >= 11 is 0. The van der Waals surface area contributed by atoms with Crippen molar-refractivity contribution in [2.75, 3.05) is 0 Å². The number of furan rings is 1. The summed E-state index contributed by atoms with van der Waals surface area (Å²) in [6, 6.07) is 56.6. The van der Waals surface area contributed by atoms with Crippen molar-refractivity contribution in [3.8, 4) is 45.0 Å². The van der Waals surface area contributed by atoms with E-state index in [1.54, 1.807) is 0 Å². The van der Waals surface area contributed by atoms with Crippen LogP contribution in [-0.2, 0) is 0 Å². The minimum Gasteiger partial charge on any atom is -0.455 e. The van der Waals surface area contributed by atoms with Gasteiger partial charge in [-0.1, -0.05) is 133 Å². The van der Waals surface area contributed by atoms with Crippen molar-refractivity contribution in [1.82, 2.24) is 15.0 Å². The molecular weight excluding hydrogens is 599 g/mol. The van der Waals surface area contributed by atoms with Gasteiger partial charge in [-0.15, -0.1) is 0 Å². The number of benzene rings is 7. The minimum absolute atomic E-state index is 0.695. The average Bonchev–Trinajstić information content (AvgIpc) is 3.56.